The summed E-state index contributed by atoms with van der Waals surface area (Å²) in [5.74, 6) is -1.09. The van der Waals surface area contributed by atoms with Crippen molar-refractivity contribution in [3.8, 4) is 0 Å². The summed E-state index contributed by atoms with van der Waals surface area (Å²) in [6.45, 7) is 0.954. The number of rotatable bonds is 5. The van der Waals surface area contributed by atoms with Gasteiger partial charge in [-0.3, -0.25) is 14.4 Å². The van der Waals surface area contributed by atoms with Crippen molar-refractivity contribution in [1.29, 1.82) is 0 Å². The standard InChI is InChI=1S/C11H14O6/c12-5-7(13)1-2-10(14)17-9-6-16-8-3-4-15-11(8)9/h5,8-9,11H,1-4,6H2. The minimum absolute atomic E-state index is 0.0180. The van der Waals surface area contributed by atoms with Crippen molar-refractivity contribution < 1.29 is 28.6 Å². The quantitative estimate of drug-likeness (QED) is 0.372. The highest BCUT2D eigenvalue weighted by molar-refractivity contribution is 6.25. The van der Waals surface area contributed by atoms with Crippen LogP contribution in [0.5, 0.6) is 0 Å². The average molecular weight is 242 g/mol. The van der Waals surface area contributed by atoms with E-state index in [1.165, 1.54) is 0 Å². The number of hydrogen-bond donors (Lipinski definition) is 0. The SMILES string of the molecule is O=CC(=O)CCC(=O)OC1COC2CCOC21. The maximum absolute atomic E-state index is 11.4. The molecule has 0 amide bonds. The number of ether oxygens (including phenoxy) is 3. The first-order valence-corrected chi connectivity index (χ1v) is 5.61. The Balaban J connectivity index is 1.75. The van der Waals surface area contributed by atoms with E-state index in [2.05, 4.69) is 0 Å². The topological polar surface area (TPSA) is 78.9 Å². The van der Waals surface area contributed by atoms with Gasteiger partial charge in [0.05, 0.1) is 19.1 Å². The second kappa shape index (κ2) is 5.37. The number of ketones is 1. The molecule has 0 aromatic carbocycles. The second-order valence-electron chi connectivity index (χ2n) is 4.11. The van der Waals surface area contributed by atoms with Crippen LogP contribution in [0.15, 0.2) is 0 Å². The molecule has 2 rings (SSSR count). The molecular formula is C11H14O6. The summed E-state index contributed by atoms with van der Waals surface area (Å²) in [5, 5.41) is 0. The molecule has 0 aliphatic carbocycles. The van der Waals surface area contributed by atoms with E-state index >= 15 is 0 Å². The smallest absolute Gasteiger partial charge is 0.306 e. The van der Waals surface area contributed by atoms with Crippen molar-refractivity contribution in [3.05, 3.63) is 0 Å². The number of esters is 1. The van der Waals surface area contributed by atoms with Crippen LogP contribution in [0, 0.1) is 0 Å². The molecule has 17 heavy (non-hydrogen) atoms. The second-order valence-corrected chi connectivity index (χ2v) is 4.11. The highest BCUT2D eigenvalue weighted by Gasteiger charge is 2.43. The zero-order chi connectivity index (χ0) is 12.3. The van der Waals surface area contributed by atoms with Crippen LogP contribution in [0.1, 0.15) is 19.3 Å². The molecule has 2 heterocycles. The van der Waals surface area contributed by atoms with Gasteiger partial charge < -0.3 is 14.2 Å². The molecule has 0 spiro atoms. The summed E-state index contributed by atoms with van der Waals surface area (Å²) in [6, 6.07) is 0. The van der Waals surface area contributed by atoms with Crippen molar-refractivity contribution in [2.24, 2.45) is 0 Å². The van der Waals surface area contributed by atoms with E-state index in [9.17, 15) is 14.4 Å². The van der Waals surface area contributed by atoms with Crippen molar-refractivity contribution >= 4 is 18.0 Å². The van der Waals surface area contributed by atoms with E-state index in [0.29, 0.717) is 13.2 Å². The molecule has 2 aliphatic rings. The molecule has 0 radical (unpaired) electrons. The minimum Gasteiger partial charge on any atom is -0.457 e. The van der Waals surface area contributed by atoms with Crippen molar-refractivity contribution in [1.82, 2.24) is 0 Å². The molecule has 0 N–H and O–H groups in total. The first kappa shape index (κ1) is 12.2. The molecule has 6 heteroatoms. The third kappa shape index (κ3) is 2.89. The highest BCUT2D eigenvalue weighted by atomic mass is 16.6. The summed E-state index contributed by atoms with van der Waals surface area (Å²) in [7, 11) is 0. The monoisotopic (exact) mass is 242 g/mol. The third-order valence-corrected chi connectivity index (χ3v) is 2.91. The molecule has 3 unspecified atom stereocenters. The van der Waals surface area contributed by atoms with Gasteiger partial charge in [-0.2, -0.15) is 0 Å². The van der Waals surface area contributed by atoms with Crippen LogP contribution in [-0.4, -0.2) is 49.6 Å². The van der Waals surface area contributed by atoms with Crippen molar-refractivity contribution in [3.63, 3.8) is 0 Å². The maximum atomic E-state index is 11.4. The Labute approximate surface area is 98.2 Å². The first-order valence-electron chi connectivity index (χ1n) is 5.61. The molecule has 0 bridgehead atoms. The predicted octanol–water partition coefficient (Wildman–Crippen LogP) is -0.366. The van der Waals surface area contributed by atoms with E-state index in [4.69, 9.17) is 14.2 Å². The Morgan fingerprint density at radius 2 is 2.12 bits per heavy atom. The van der Waals surface area contributed by atoms with Crippen LogP contribution in [0.25, 0.3) is 0 Å². The number of hydrogen-bond acceptors (Lipinski definition) is 6. The Kier molecular flexibility index (Phi) is 3.86. The van der Waals surface area contributed by atoms with Crippen molar-refractivity contribution in [2.75, 3.05) is 13.2 Å². The van der Waals surface area contributed by atoms with E-state index < -0.39 is 11.8 Å². The van der Waals surface area contributed by atoms with E-state index in [-0.39, 0.29) is 37.4 Å². The molecule has 2 saturated heterocycles. The van der Waals surface area contributed by atoms with Crippen LogP contribution in [0.4, 0.5) is 0 Å². The van der Waals surface area contributed by atoms with Crippen LogP contribution in [0.2, 0.25) is 0 Å². The molecule has 2 fully saturated rings. The lowest BCUT2D eigenvalue weighted by Crippen LogP contribution is -2.32. The van der Waals surface area contributed by atoms with Gasteiger partial charge in [0, 0.05) is 13.0 Å². The molecule has 6 nitrogen and oxygen atoms in total. The molecule has 3 atom stereocenters. The Morgan fingerprint density at radius 3 is 2.88 bits per heavy atom. The fourth-order valence-electron chi connectivity index (χ4n) is 2.04. The van der Waals surface area contributed by atoms with Crippen LogP contribution in [-0.2, 0) is 28.6 Å². The number of fused-ring (bicyclic) bond motifs is 1. The molecular weight excluding hydrogens is 228 g/mol. The van der Waals surface area contributed by atoms with Gasteiger partial charge in [-0.25, -0.2) is 0 Å². The summed E-state index contributed by atoms with van der Waals surface area (Å²) in [4.78, 5) is 32.2. The summed E-state index contributed by atoms with van der Waals surface area (Å²) in [5.41, 5.74) is 0. The summed E-state index contributed by atoms with van der Waals surface area (Å²) >= 11 is 0. The molecule has 0 saturated carbocycles. The zero-order valence-electron chi connectivity index (χ0n) is 9.29. The fraction of sp³-hybridized carbons (Fsp3) is 0.727. The lowest BCUT2D eigenvalue weighted by atomic mass is 10.1. The number of carbonyl (C=O) groups excluding carboxylic acids is 3. The fourth-order valence-corrected chi connectivity index (χ4v) is 2.04. The Hall–Kier alpha value is -1.27. The Bertz CT molecular complexity index is 326. The molecule has 2 aliphatic heterocycles. The normalized spacial score (nSPS) is 30.9. The average Bonchev–Trinajstić information content (AvgIpc) is 2.91. The third-order valence-electron chi connectivity index (χ3n) is 2.91. The van der Waals surface area contributed by atoms with Gasteiger partial charge in [0.15, 0.2) is 18.2 Å². The molecule has 0 aromatic heterocycles. The van der Waals surface area contributed by atoms with Gasteiger partial charge in [-0.1, -0.05) is 0 Å². The highest BCUT2D eigenvalue weighted by Crippen LogP contribution is 2.28. The predicted molar refractivity (Wildman–Crippen MR) is 54.3 cm³/mol. The molecule has 94 valence electrons. The van der Waals surface area contributed by atoms with Gasteiger partial charge >= 0.3 is 5.97 Å². The minimum atomic E-state index is -0.598. The first-order chi connectivity index (χ1) is 8.20. The van der Waals surface area contributed by atoms with Crippen molar-refractivity contribution in [2.45, 2.75) is 37.6 Å². The van der Waals surface area contributed by atoms with E-state index in [1.54, 1.807) is 0 Å². The van der Waals surface area contributed by atoms with Crippen LogP contribution < -0.4 is 0 Å². The number of aldehydes is 1. The number of Topliss-reactive ketones (excluding diaryl/α,β-unsaturated/α-hetero) is 1. The van der Waals surface area contributed by atoms with Crippen LogP contribution in [0.3, 0.4) is 0 Å². The van der Waals surface area contributed by atoms with Gasteiger partial charge in [-0.15, -0.1) is 0 Å². The zero-order valence-corrected chi connectivity index (χ0v) is 9.29. The van der Waals surface area contributed by atoms with Gasteiger partial charge in [0.1, 0.15) is 6.10 Å². The number of carbonyl (C=O) groups is 3. The summed E-state index contributed by atoms with van der Waals surface area (Å²) < 4.78 is 16.0. The molecule has 0 aromatic rings. The Morgan fingerprint density at radius 1 is 1.29 bits per heavy atom. The maximum Gasteiger partial charge on any atom is 0.306 e. The van der Waals surface area contributed by atoms with Gasteiger partial charge in [-0.05, 0) is 6.42 Å². The van der Waals surface area contributed by atoms with E-state index in [0.717, 1.165) is 6.42 Å². The lowest BCUT2D eigenvalue weighted by Gasteiger charge is -2.16. The largest absolute Gasteiger partial charge is 0.457 e. The van der Waals surface area contributed by atoms with Crippen LogP contribution >= 0.6 is 0 Å². The van der Waals surface area contributed by atoms with Gasteiger partial charge in [0.25, 0.3) is 0 Å². The van der Waals surface area contributed by atoms with E-state index in [1.807, 2.05) is 0 Å². The summed E-state index contributed by atoms with van der Waals surface area (Å²) in [6.07, 6.45) is 0.298. The van der Waals surface area contributed by atoms with Gasteiger partial charge in [0.2, 0.25) is 0 Å². The lowest BCUT2D eigenvalue weighted by molar-refractivity contribution is -0.154.